The molecule has 20 heavy (non-hydrogen) atoms. The number of hydrogen-bond donors (Lipinski definition) is 1. The standard InChI is InChI=1S/C15H23BN2O2/c1-10-8-13(18-11-6-7-11)17-9-12(10)16-19-14(2,3)15(4,5)20-16/h8-9,11H,6-7H2,1-5H3,(H,17,18). The Morgan fingerprint density at radius 1 is 1.20 bits per heavy atom. The second-order valence-corrected chi connectivity index (χ2v) is 6.93. The fourth-order valence-electron chi connectivity index (χ4n) is 2.30. The van der Waals surface area contributed by atoms with Gasteiger partial charge in [0.25, 0.3) is 0 Å². The number of hydrogen-bond acceptors (Lipinski definition) is 4. The van der Waals surface area contributed by atoms with Crippen LogP contribution < -0.4 is 10.8 Å². The van der Waals surface area contributed by atoms with Gasteiger partial charge in [-0.3, -0.25) is 0 Å². The van der Waals surface area contributed by atoms with Gasteiger partial charge in [-0.2, -0.15) is 0 Å². The Labute approximate surface area is 121 Å². The molecular formula is C15H23BN2O2. The average molecular weight is 274 g/mol. The molecule has 1 N–H and O–H groups in total. The lowest BCUT2D eigenvalue weighted by molar-refractivity contribution is 0.00578. The van der Waals surface area contributed by atoms with E-state index in [0.29, 0.717) is 6.04 Å². The summed E-state index contributed by atoms with van der Waals surface area (Å²) in [5.41, 5.74) is 1.55. The van der Waals surface area contributed by atoms with Gasteiger partial charge in [-0.1, -0.05) is 0 Å². The summed E-state index contributed by atoms with van der Waals surface area (Å²) in [4.78, 5) is 4.49. The Kier molecular flexibility index (Phi) is 3.10. The fraction of sp³-hybridized carbons (Fsp3) is 0.667. The highest BCUT2D eigenvalue weighted by Crippen LogP contribution is 2.36. The monoisotopic (exact) mass is 274 g/mol. The van der Waals surface area contributed by atoms with E-state index in [-0.39, 0.29) is 18.3 Å². The lowest BCUT2D eigenvalue weighted by Gasteiger charge is -2.32. The summed E-state index contributed by atoms with van der Waals surface area (Å²) < 4.78 is 12.2. The van der Waals surface area contributed by atoms with E-state index in [4.69, 9.17) is 9.31 Å². The quantitative estimate of drug-likeness (QED) is 0.859. The second kappa shape index (κ2) is 4.47. The maximum absolute atomic E-state index is 6.08. The van der Waals surface area contributed by atoms with Gasteiger partial charge < -0.3 is 14.6 Å². The van der Waals surface area contributed by atoms with Gasteiger partial charge >= 0.3 is 7.12 Å². The molecule has 0 aromatic carbocycles. The summed E-state index contributed by atoms with van der Waals surface area (Å²) in [6.07, 6.45) is 4.38. The molecule has 2 fully saturated rings. The highest BCUT2D eigenvalue weighted by atomic mass is 16.7. The van der Waals surface area contributed by atoms with E-state index in [9.17, 15) is 0 Å². The molecule has 1 aromatic rings. The molecule has 108 valence electrons. The summed E-state index contributed by atoms with van der Waals surface area (Å²) >= 11 is 0. The van der Waals surface area contributed by atoms with E-state index in [1.807, 2.05) is 6.20 Å². The maximum Gasteiger partial charge on any atom is 0.496 e. The zero-order valence-corrected chi connectivity index (χ0v) is 13.0. The third kappa shape index (κ3) is 2.45. The number of anilines is 1. The molecule has 1 aromatic heterocycles. The van der Waals surface area contributed by atoms with Gasteiger partial charge in [0.2, 0.25) is 0 Å². The number of pyridine rings is 1. The number of nitrogens with one attached hydrogen (secondary N) is 1. The molecule has 0 unspecified atom stereocenters. The molecule has 5 heteroatoms. The van der Waals surface area contributed by atoms with Crippen LogP contribution >= 0.6 is 0 Å². The molecule has 0 radical (unpaired) electrons. The van der Waals surface area contributed by atoms with Gasteiger partial charge in [0.15, 0.2) is 0 Å². The molecule has 1 aliphatic carbocycles. The molecule has 0 atom stereocenters. The molecule has 4 nitrogen and oxygen atoms in total. The summed E-state index contributed by atoms with van der Waals surface area (Å²) in [5.74, 6) is 0.949. The first-order valence-corrected chi connectivity index (χ1v) is 7.37. The van der Waals surface area contributed by atoms with Crippen molar-refractivity contribution in [2.75, 3.05) is 5.32 Å². The topological polar surface area (TPSA) is 43.4 Å². The van der Waals surface area contributed by atoms with Crippen molar-refractivity contribution in [3.63, 3.8) is 0 Å². The normalized spacial score (nSPS) is 23.9. The van der Waals surface area contributed by atoms with E-state index in [1.165, 1.54) is 12.8 Å². The Bertz CT molecular complexity index is 511. The molecule has 1 saturated heterocycles. The summed E-state index contributed by atoms with van der Waals surface area (Å²) in [6, 6.07) is 2.70. The van der Waals surface area contributed by atoms with Gasteiger partial charge in [0.1, 0.15) is 5.82 Å². The average Bonchev–Trinajstić information content (AvgIpc) is 3.07. The molecule has 0 spiro atoms. The van der Waals surface area contributed by atoms with Crippen LogP contribution in [0.4, 0.5) is 5.82 Å². The predicted molar refractivity (Wildman–Crippen MR) is 81.3 cm³/mol. The lowest BCUT2D eigenvalue weighted by Crippen LogP contribution is -2.41. The van der Waals surface area contributed by atoms with Crippen LogP contribution in [-0.2, 0) is 9.31 Å². The largest absolute Gasteiger partial charge is 0.496 e. The minimum atomic E-state index is -0.331. The lowest BCUT2D eigenvalue weighted by atomic mass is 9.77. The minimum absolute atomic E-state index is 0.310. The van der Waals surface area contributed by atoms with Gasteiger partial charge in [-0.05, 0) is 59.1 Å². The van der Waals surface area contributed by atoms with Crippen LogP contribution in [0.25, 0.3) is 0 Å². The van der Waals surface area contributed by atoms with Crippen LogP contribution in [0, 0.1) is 6.92 Å². The van der Waals surface area contributed by atoms with Crippen molar-refractivity contribution >= 4 is 18.4 Å². The zero-order valence-electron chi connectivity index (χ0n) is 13.0. The Hall–Kier alpha value is -1.07. The third-order valence-electron chi connectivity index (χ3n) is 4.59. The van der Waals surface area contributed by atoms with Gasteiger partial charge in [0.05, 0.1) is 11.2 Å². The Morgan fingerprint density at radius 2 is 1.80 bits per heavy atom. The van der Waals surface area contributed by atoms with Crippen molar-refractivity contribution in [1.29, 1.82) is 0 Å². The number of aryl methyl sites for hydroxylation is 1. The highest BCUT2D eigenvalue weighted by Gasteiger charge is 2.52. The Morgan fingerprint density at radius 3 is 2.30 bits per heavy atom. The van der Waals surface area contributed by atoms with E-state index in [0.717, 1.165) is 16.8 Å². The SMILES string of the molecule is Cc1cc(NC2CC2)ncc1B1OC(C)(C)C(C)(C)O1. The molecule has 0 amide bonds. The van der Waals surface area contributed by atoms with Crippen LogP contribution in [0.5, 0.6) is 0 Å². The van der Waals surface area contributed by atoms with Crippen molar-refractivity contribution in [2.24, 2.45) is 0 Å². The molecule has 3 rings (SSSR count). The Balaban J connectivity index is 1.80. The zero-order chi connectivity index (χ0) is 14.5. The smallest absolute Gasteiger partial charge is 0.399 e. The number of nitrogens with zero attached hydrogens (tertiary/aromatic N) is 1. The van der Waals surface area contributed by atoms with E-state index >= 15 is 0 Å². The predicted octanol–water partition coefficient (Wildman–Crippen LogP) is 2.26. The molecule has 1 saturated carbocycles. The van der Waals surface area contributed by atoms with Crippen LogP contribution in [0.1, 0.15) is 46.1 Å². The van der Waals surface area contributed by atoms with Gasteiger partial charge in [-0.15, -0.1) is 0 Å². The van der Waals surface area contributed by atoms with E-state index in [1.54, 1.807) is 0 Å². The summed E-state index contributed by atoms with van der Waals surface area (Å²) in [6.45, 7) is 10.4. The highest BCUT2D eigenvalue weighted by molar-refractivity contribution is 6.62. The summed E-state index contributed by atoms with van der Waals surface area (Å²) in [7, 11) is -0.331. The maximum atomic E-state index is 6.08. The minimum Gasteiger partial charge on any atom is -0.399 e. The van der Waals surface area contributed by atoms with Crippen LogP contribution in [0.15, 0.2) is 12.3 Å². The molecule has 0 bridgehead atoms. The van der Waals surface area contributed by atoms with Crippen molar-refractivity contribution in [3.8, 4) is 0 Å². The first-order chi connectivity index (χ1) is 9.28. The summed E-state index contributed by atoms with van der Waals surface area (Å²) in [5, 5.41) is 3.41. The first-order valence-electron chi connectivity index (χ1n) is 7.37. The molecule has 2 heterocycles. The van der Waals surface area contributed by atoms with Crippen molar-refractivity contribution in [3.05, 3.63) is 17.8 Å². The van der Waals surface area contributed by atoms with Crippen molar-refractivity contribution in [2.45, 2.75) is 64.7 Å². The molecule has 2 aliphatic rings. The van der Waals surface area contributed by atoms with Crippen molar-refractivity contribution < 1.29 is 9.31 Å². The van der Waals surface area contributed by atoms with E-state index in [2.05, 4.69) is 51.0 Å². The van der Waals surface area contributed by atoms with Gasteiger partial charge in [0, 0.05) is 17.7 Å². The second-order valence-electron chi connectivity index (χ2n) is 6.93. The van der Waals surface area contributed by atoms with Crippen molar-refractivity contribution in [1.82, 2.24) is 4.98 Å². The van der Waals surface area contributed by atoms with Crippen LogP contribution in [0.3, 0.4) is 0 Å². The number of rotatable bonds is 3. The number of aromatic nitrogens is 1. The van der Waals surface area contributed by atoms with Gasteiger partial charge in [-0.25, -0.2) is 4.98 Å². The molecule has 1 aliphatic heterocycles. The first kappa shape index (κ1) is 13.9. The molecular weight excluding hydrogens is 251 g/mol. The van der Waals surface area contributed by atoms with Crippen LogP contribution in [0.2, 0.25) is 0 Å². The fourth-order valence-corrected chi connectivity index (χ4v) is 2.30. The van der Waals surface area contributed by atoms with Crippen LogP contribution in [-0.4, -0.2) is 29.3 Å². The third-order valence-corrected chi connectivity index (χ3v) is 4.59. The van der Waals surface area contributed by atoms with E-state index < -0.39 is 0 Å².